The summed E-state index contributed by atoms with van der Waals surface area (Å²) in [6.07, 6.45) is 1.64. The lowest BCUT2D eigenvalue weighted by Crippen LogP contribution is -2.09. The van der Waals surface area contributed by atoms with Crippen molar-refractivity contribution in [2.24, 2.45) is 5.10 Å². The van der Waals surface area contributed by atoms with Crippen LogP contribution in [0.4, 0.5) is 10.9 Å². The highest BCUT2D eigenvalue weighted by molar-refractivity contribution is 7.14. The van der Waals surface area contributed by atoms with E-state index in [1.165, 1.54) is 22.1 Å². The van der Waals surface area contributed by atoms with E-state index in [4.69, 9.17) is 4.74 Å². The van der Waals surface area contributed by atoms with Gasteiger partial charge in [-0.25, -0.2) is 4.98 Å². The zero-order valence-electron chi connectivity index (χ0n) is 16.5. The van der Waals surface area contributed by atoms with Crippen molar-refractivity contribution in [1.29, 1.82) is 0 Å². The Hall–Kier alpha value is -4.05. The van der Waals surface area contributed by atoms with Crippen LogP contribution in [0, 0.1) is 17.0 Å². The molecule has 4 aromatic rings. The van der Waals surface area contributed by atoms with E-state index in [9.17, 15) is 10.1 Å². The van der Waals surface area contributed by atoms with Crippen molar-refractivity contribution in [2.75, 3.05) is 5.43 Å². The Morgan fingerprint density at radius 2 is 2.00 bits per heavy atom. The summed E-state index contributed by atoms with van der Waals surface area (Å²) in [5.74, 6) is 0.369. The van der Waals surface area contributed by atoms with Crippen LogP contribution >= 0.6 is 11.3 Å². The number of para-hydroxylation sites is 1. The first kappa shape index (κ1) is 20.2. The van der Waals surface area contributed by atoms with Gasteiger partial charge in [0, 0.05) is 16.5 Å². The van der Waals surface area contributed by atoms with Crippen LogP contribution in [0.3, 0.4) is 0 Å². The number of aromatic nitrogens is 3. The van der Waals surface area contributed by atoms with Crippen LogP contribution in [-0.4, -0.2) is 25.9 Å². The Kier molecular flexibility index (Phi) is 5.99. The van der Waals surface area contributed by atoms with Crippen molar-refractivity contribution < 1.29 is 9.66 Å². The number of benzene rings is 2. The predicted octanol–water partition coefficient (Wildman–Crippen LogP) is 4.71. The van der Waals surface area contributed by atoms with Crippen LogP contribution in [-0.2, 0) is 6.73 Å². The number of rotatable bonds is 8. The second-order valence-corrected chi connectivity index (χ2v) is 7.34. The summed E-state index contributed by atoms with van der Waals surface area (Å²) in [5.41, 5.74) is 6.25. The average molecular weight is 434 g/mol. The normalized spacial score (nSPS) is 11.0. The minimum atomic E-state index is -0.530. The summed E-state index contributed by atoms with van der Waals surface area (Å²) < 4.78 is 7.24. The lowest BCUT2D eigenvalue weighted by molar-refractivity contribution is -0.389. The first-order chi connectivity index (χ1) is 15.1. The molecule has 9 nitrogen and oxygen atoms in total. The molecule has 0 amide bonds. The maximum Gasteiger partial charge on any atom is 0.390 e. The summed E-state index contributed by atoms with van der Waals surface area (Å²) in [6.45, 7) is 1.78. The number of nitrogens with zero attached hydrogens (tertiary/aromatic N) is 5. The van der Waals surface area contributed by atoms with Gasteiger partial charge in [-0.2, -0.15) is 5.10 Å². The van der Waals surface area contributed by atoms with Gasteiger partial charge in [0.2, 0.25) is 11.9 Å². The number of nitro groups is 1. The maximum absolute atomic E-state index is 10.9. The third kappa shape index (κ3) is 4.93. The molecule has 0 spiro atoms. The lowest BCUT2D eigenvalue weighted by atomic mass is 10.2. The van der Waals surface area contributed by atoms with Crippen LogP contribution in [0.1, 0.15) is 11.3 Å². The molecule has 4 rings (SSSR count). The molecule has 2 heterocycles. The lowest BCUT2D eigenvalue weighted by Gasteiger charge is -2.08. The molecule has 0 saturated carbocycles. The van der Waals surface area contributed by atoms with Crippen molar-refractivity contribution in [3.63, 3.8) is 0 Å². The zero-order valence-corrected chi connectivity index (χ0v) is 17.3. The molecular weight excluding hydrogens is 416 g/mol. The number of aryl methyl sites for hydroxylation is 1. The molecule has 1 N–H and O–H groups in total. The number of ether oxygens (including phenoxy) is 1. The number of hydrogen-bond donors (Lipinski definition) is 1. The molecule has 0 aliphatic heterocycles. The Labute approximate surface area is 181 Å². The fourth-order valence-corrected chi connectivity index (χ4v) is 3.45. The van der Waals surface area contributed by atoms with Gasteiger partial charge >= 0.3 is 5.82 Å². The zero-order chi connectivity index (χ0) is 21.6. The van der Waals surface area contributed by atoms with E-state index in [0.717, 1.165) is 16.8 Å². The maximum atomic E-state index is 10.9. The molecule has 2 aromatic carbocycles. The van der Waals surface area contributed by atoms with E-state index >= 15 is 0 Å². The van der Waals surface area contributed by atoms with Gasteiger partial charge in [0.1, 0.15) is 5.75 Å². The second-order valence-electron chi connectivity index (χ2n) is 6.49. The largest absolute Gasteiger partial charge is 0.469 e. The molecule has 0 fully saturated rings. The van der Waals surface area contributed by atoms with Crippen molar-refractivity contribution in [2.45, 2.75) is 13.7 Å². The molecule has 0 radical (unpaired) electrons. The minimum absolute atomic E-state index is 0.0465. The van der Waals surface area contributed by atoms with Crippen LogP contribution in [0.15, 0.2) is 71.1 Å². The standard InChI is InChI=1S/C21H18N6O3S/c1-15-11-20(27(28)29)25-26(15)14-30-19-10-6-5-9-17(19)12-22-24-21-23-18(13-31-21)16-7-3-2-4-8-16/h2-13H,14H2,1H3,(H,23,24). The molecule has 0 atom stereocenters. The fraction of sp³-hybridized carbons (Fsp3) is 0.0952. The van der Waals surface area contributed by atoms with Gasteiger partial charge in [0.05, 0.1) is 28.8 Å². The third-order valence-electron chi connectivity index (χ3n) is 4.35. The van der Waals surface area contributed by atoms with Crippen molar-refractivity contribution in [1.82, 2.24) is 14.8 Å². The number of thiazole rings is 1. The van der Waals surface area contributed by atoms with E-state index in [1.54, 1.807) is 19.2 Å². The third-order valence-corrected chi connectivity index (χ3v) is 5.10. The van der Waals surface area contributed by atoms with Gasteiger partial charge in [-0.1, -0.05) is 42.5 Å². The minimum Gasteiger partial charge on any atom is -0.469 e. The van der Waals surface area contributed by atoms with E-state index in [-0.39, 0.29) is 12.5 Å². The molecule has 0 aliphatic rings. The van der Waals surface area contributed by atoms with Crippen LogP contribution in [0.25, 0.3) is 11.3 Å². The Balaban J connectivity index is 1.41. The Bertz CT molecular complexity index is 1220. The summed E-state index contributed by atoms with van der Waals surface area (Å²) in [5, 5.41) is 21.7. The monoisotopic (exact) mass is 434 g/mol. The highest BCUT2D eigenvalue weighted by Gasteiger charge is 2.15. The topological polar surface area (TPSA) is 107 Å². The van der Waals surface area contributed by atoms with Crippen LogP contribution in [0.2, 0.25) is 0 Å². The van der Waals surface area contributed by atoms with Gasteiger partial charge in [-0.05, 0) is 24.0 Å². The smallest absolute Gasteiger partial charge is 0.390 e. The molecule has 0 saturated heterocycles. The summed E-state index contributed by atoms with van der Waals surface area (Å²) in [4.78, 5) is 14.9. The first-order valence-corrected chi connectivity index (χ1v) is 10.2. The van der Waals surface area contributed by atoms with E-state index in [1.807, 2.05) is 53.9 Å². The molecule has 0 bridgehead atoms. The summed E-state index contributed by atoms with van der Waals surface area (Å²) >= 11 is 1.46. The highest BCUT2D eigenvalue weighted by Crippen LogP contribution is 2.24. The van der Waals surface area contributed by atoms with Crippen molar-refractivity contribution in [3.05, 3.63) is 87.4 Å². The van der Waals surface area contributed by atoms with E-state index in [2.05, 4.69) is 20.6 Å². The van der Waals surface area contributed by atoms with Gasteiger partial charge in [-0.15, -0.1) is 16.0 Å². The van der Waals surface area contributed by atoms with Gasteiger partial charge in [0.25, 0.3) is 0 Å². The molecular formula is C21H18N6O3S. The van der Waals surface area contributed by atoms with E-state index in [0.29, 0.717) is 16.6 Å². The van der Waals surface area contributed by atoms with Crippen molar-refractivity contribution >= 4 is 28.5 Å². The van der Waals surface area contributed by atoms with E-state index < -0.39 is 4.92 Å². The number of hydrazone groups is 1. The van der Waals surface area contributed by atoms with Gasteiger partial charge in [-0.3, -0.25) is 5.43 Å². The quantitative estimate of drug-likeness (QED) is 0.245. The predicted molar refractivity (Wildman–Crippen MR) is 119 cm³/mol. The van der Waals surface area contributed by atoms with Gasteiger partial charge in [0.15, 0.2) is 0 Å². The molecule has 2 aromatic heterocycles. The summed E-state index contributed by atoms with van der Waals surface area (Å²) in [7, 11) is 0. The number of nitrogens with one attached hydrogen (secondary N) is 1. The molecule has 31 heavy (non-hydrogen) atoms. The summed E-state index contributed by atoms with van der Waals surface area (Å²) in [6, 6.07) is 18.7. The Morgan fingerprint density at radius 1 is 1.23 bits per heavy atom. The molecule has 0 aliphatic carbocycles. The highest BCUT2D eigenvalue weighted by atomic mass is 32.1. The Morgan fingerprint density at radius 3 is 2.77 bits per heavy atom. The second kappa shape index (κ2) is 9.18. The van der Waals surface area contributed by atoms with Crippen LogP contribution in [0.5, 0.6) is 5.75 Å². The van der Waals surface area contributed by atoms with Gasteiger partial charge < -0.3 is 14.9 Å². The molecule has 0 unspecified atom stereocenters. The van der Waals surface area contributed by atoms with Crippen molar-refractivity contribution in [3.8, 4) is 17.0 Å². The molecule has 156 valence electrons. The first-order valence-electron chi connectivity index (χ1n) is 9.31. The average Bonchev–Trinajstić information content (AvgIpc) is 3.40. The molecule has 10 heteroatoms. The number of hydrogen-bond acceptors (Lipinski definition) is 8. The van der Waals surface area contributed by atoms with Crippen LogP contribution < -0.4 is 10.2 Å². The fourth-order valence-electron chi connectivity index (χ4n) is 2.79. The number of anilines is 1. The SMILES string of the molecule is Cc1cc([N+](=O)[O-])nn1COc1ccccc1C=NNc1nc(-c2ccccc2)cs1.